The Morgan fingerprint density at radius 1 is 1.37 bits per heavy atom. The number of hydrogen-bond donors (Lipinski definition) is 1. The summed E-state index contributed by atoms with van der Waals surface area (Å²) in [6, 6.07) is 7.46. The summed E-state index contributed by atoms with van der Waals surface area (Å²) in [5.74, 6) is 0. The maximum atomic E-state index is 11.7. The molecule has 4 nitrogen and oxygen atoms in total. The average Bonchev–Trinajstić information content (AvgIpc) is 2.39. The Labute approximate surface area is 121 Å². The van der Waals surface area contributed by atoms with Gasteiger partial charge in [-0.05, 0) is 24.6 Å². The van der Waals surface area contributed by atoms with Crippen molar-refractivity contribution in [3.8, 4) is 0 Å². The zero-order chi connectivity index (χ0) is 14.0. The van der Waals surface area contributed by atoms with Crippen LogP contribution in [0.5, 0.6) is 0 Å². The molecule has 0 aliphatic heterocycles. The summed E-state index contributed by atoms with van der Waals surface area (Å²) in [5, 5.41) is 7.89. The minimum atomic E-state index is -0.329. The fraction of sp³-hybridized carbons (Fsp3) is 0.231. The highest BCUT2D eigenvalue weighted by Gasteiger charge is 2.11. The van der Waals surface area contributed by atoms with Crippen LogP contribution < -0.4 is 10.9 Å². The van der Waals surface area contributed by atoms with E-state index in [1.54, 1.807) is 7.05 Å². The molecule has 0 radical (unpaired) electrons. The second-order valence-corrected chi connectivity index (χ2v) is 5.04. The minimum Gasteiger partial charge on any atom is -0.376 e. The molecule has 1 aromatic carbocycles. The first kappa shape index (κ1) is 13.9. The van der Waals surface area contributed by atoms with E-state index in [4.69, 9.17) is 23.2 Å². The van der Waals surface area contributed by atoms with Crippen molar-refractivity contribution in [2.45, 2.75) is 13.0 Å². The fourth-order valence-electron chi connectivity index (χ4n) is 1.70. The first-order valence-electron chi connectivity index (χ1n) is 5.73. The second kappa shape index (κ2) is 5.63. The maximum Gasteiger partial charge on any atom is 0.287 e. The standard InChI is InChI=1S/C13H13Cl2N3O/c1-8(9-4-3-5-10(14)6-9)17-11-7-16-18(2)13(19)12(11)15/h3-8,17H,1-2H3. The lowest BCUT2D eigenvalue weighted by atomic mass is 10.1. The Kier molecular flexibility index (Phi) is 4.12. The molecule has 0 spiro atoms. The van der Waals surface area contributed by atoms with Gasteiger partial charge in [0.1, 0.15) is 5.02 Å². The average molecular weight is 298 g/mol. The third-order valence-electron chi connectivity index (χ3n) is 2.80. The van der Waals surface area contributed by atoms with Crippen molar-refractivity contribution in [1.29, 1.82) is 0 Å². The van der Waals surface area contributed by atoms with Crippen molar-refractivity contribution < 1.29 is 0 Å². The molecule has 2 rings (SSSR count). The van der Waals surface area contributed by atoms with E-state index in [2.05, 4.69) is 10.4 Å². The topological polar surface area (TPSA) is 46.9 Å². The number of aryl methyl sites for hydroxylation is 1. The summed E-state index contributed by atoms with van der Waals surface area (Å²) >= 11 is 11.9. The molecule has 0 bridgehead atoms. The molecule has 0 aliphatic carbocycles. The summed E-state index contributed by atoms with van der Waals surface area (Å²) in [6.45, 7) is 1.96. The van der Waals surface area contributed by atoms with Crippen LogP contribution in [0.4, 0.5) is 5.69 Å². The zero-order valence-electron chi connectivity index (χ0n) is 10.5. The van der Waals surface area contributed by atoms with Gasteiger partial charge in [-0.1, -0.05) is 35.3 Å². The SMILES string of the molecule is CC(Nc1cnn(C)c(=O)c1Cl)c1cccc(Cl)c1. The number of nitrogens with one attached hydrogen (secondary N) is 1. The fourth-order valence-corrected chi connectivity index (χ4v) is 2.13. The van der Waals surface area contributed by atoms with Crippen LogP contribution in [-0.2, 0) is 7.05 Å². The Bertz CT molecular complexity index is 655. The molecule has 2 aromatic rings. The largest absolute Gasteiger partial charge is 0.376 e. The van der Waals surface area contributed by atoms with Crippen LogP contribution in [0.2, 0.25) is 10.0 Å². The summed E-state index contributed by atoms with van der Waals surface area (Å²) in [6.07, 6.45) is 1.53. The second-order valence-electron chi connectivity index (χ2n) is 4.22. The minimum absolute atomic E-state index is 0.0369. The summed E-state index contributed by atoms with van der Waals surface area (Å²) in [4.78, 5) is 11.7. The number of aromatic nitrogens is 2. The van der Waals surface area contributed by atoms with Gasteiger partial charge in [-0.3, -0.25) is 4.79 Å². The van der Waals surface area contributed by atoms with Crippen LogP contribution in [0.3, 0.4) is 0 Å². The highest BCUT2D eigenvalue weighted by atomic mass is 35.5. The third-order valence-corrected chi connectivity index (χ3v) is 3.40. The zero-order valence-corrected chi connectivity index (χ0v) is 12.0. The van der Waals surface area contributed by atoms with E-state index in [0.717, 1.165) is 5.56 Å². The van der Waals surface area contributed by atoms with Crippen LogP contribution in [0.25, 0.3) is 0 Å². The van der Waals surface area contributed by atoms with E-state index in [1.165, 1.54) is 10.9 Å². The molecule has 1 heterocycles. The Morgan fingerprint density at radius 3 is 2.79 bits per heavy atom. The van der Waals surface area contributed by atoms with Crippen LogP contribution in [0.1, 0.15) is 18.5 Å². The molecule has 100 valence electrons. The normalized spacial score (nSPS) is 12.2. The van der Waals surface area contributed by atoms with Crippen molar-refractivity contribution in [3.05, 3.63) is 56.4 Å². The quantitative estimate of drug-likeness (QED) is 0.946. The van der Waals surface area contributed by atoms with Crippen LogP contribution in [-0.4, -0.2) is 9.78 Å². The molecule has 6 heteroatoms. The molecule has 19 heavy (non-hydrogen) atoms. The van der Waals surface area contributed by atoms with Gasteiger partial charge in [-0.2, -0.15) is 5.10 Å². The van der Waals surface area contributed by atoms with Crippen LogP contribution in [0.15, 0.2) is 35.3 Å². The van der Waals surface area contributed by atoms with Gasteiger partial charge in [0.25, 0.3) is 5.56 Å². The van der Waals surface area contributed by atoms with E-state index in [0.29, 0.717) is 10.7 Å². The Morgan fingerprint density at radius 2 is 2.11 bits per heavy atom. The molecule has 1 atom stereocenters. The predicted octanol–water partition coefficient (Wildman–Crippen LogP) is 3.26. The van der Waals surface area contributed by atoms with Gasteiger partial charge in [0.2, 0.25) is 0 Å². The molecule has 0 aliphatic rings. The smallest absolute Gasteiger partial charge is 0.287 e. The summed E-state index contributed by atoms with van der Waals surface area (Å²) < 4.78 is 1.19. The number of hydrogen-bond acceptors (Lipinski definition) is 3. The number of rotatable bonds is 3. The van der Waals surface area contributed by atoms with Gasteiger partial charge in [0.05, 0.1) is 11.9 Å². The third kappa shape index (κ3) is 3.08. The van der Waals surface area contributed by atoms with Gasteiger partial charge < -0.3 is 5.32 Å². The van der Waals surface area contributed by atoms with Crippen molar-refractivity contribution in [1.82, 2.24) is 9.78 Å². The van der Waals surface area contributed by atoms with E-state index in [9.17, 15) is 4.79 Å². The van der Waals surface area contributed by atoms with E-state index < -0.39 is 0 Å². The van der Waals surface area contributed by atoms with Crippen LogP contribution >= 0.6 is 23.2 Å². The molecule has 0 saturated heterocycles. The number of halogens is 2. The lowest BCUT2D eigenvalue weighted by Crippen LogP contribution is -2.21. The molecule has 0 amide bonds. The highest BCUT2D eigenvalue weighted by molar-refractivity contribution is 6.33. The van der Waals surface area contributed by atoms with Gasteiger partial charge in [-0.25, -0.2) is 4.68 Å². The monoisotopic (exact) mass is 297 g/mol. The number of benzene rings is 1. The van der Waals surface area contributed by atoms with Gasteiger partial charge >= 0.3 is 0 Å². The highest BCUT2D eigenvalue weighted by Crippen LogP contribution is 2.24. The van der Waals surface area contributed by atoms with Crippen molar-refractivity contribution in [3.63, 3.8) is 0 Å². The molecule has 1 N–H and O–H groups in total. The van der Waals surface area contributed by atoms with Gasteiger partial charge in [0, 0.05) is 18.1 Å². The first-order chi connectivity index (χ1) is 8.99. The molecule has 0 fully saturated rings. The van der Waals surface area contributed by atoms with E-state index in [-0.39, 0.29) is 16.6 Å². The molecular weight excluding hydrogens is 285 g/mol. The van der Waals surface area contributed by atoms with E-state index >= 15 is 0 Å². The lowest BCUT2D eigenvalue weighted by molar-refractivity contribution is 0.706. The number of anilines is 1. The number of nitrogens with zero attached hydrogens (tertiary/aromatic N) is 2. The summed E-state index contributed by atoms with van der Waals surface area (Å²) in [5.41, 5.74) is 1.19. The predicted molar refractivity (Wildman–Crippen MR) is 78.0 cm³/mol. The molecular formula is C13H13Cl2N3O. The molecule has 0 saturated carbocycles. The van der Waals surface area contributed by atoms with Crippen molar-refractivity contribution in [2.24, 2.45) is 7.05 Å². The van der Waals surface area contributed by atoms with Gasteiger partial charge in [0.15, 0.2) is 0 Å². The van der Waals surface area contributed by atoms with Crippen molar-refractivity contribution >= 4 is 28.9 Å². The van der Waals surface area contributed by atoms with Crippen molar-refractivity contribution in [2.75, 3.05) is 5.32 Å². The summed E-state index contributed by atoms with van der Waals surface area (Å²) in [7, 11) is 1.55. The maximum absolute atomic E-state index is 11.7. The Balaban J connectivity index is 2.27. The Hall–Kier alpha value is -1.52. The van der Waals surface area contributed by atoms with Gasteiger partial charge in [-0.15, -0.1) is 0 Å². The first-order valence-corrected chi connectivity index (χ1v) is 6.48. The molecule has 1 unspecified atom stereocenters. The van der Waals surface area contributed by atoms with Crippen LogP contribution in [0, 0.1) is 0 Å². The lowest BCUT2D eigenvalue weighted by Gasteiger charge is -2.16. The molecule has 1 aromatic heterocycles. The van der Waals surface area contributed by atoms with E-state index in [1.807, 2.05) is 31.2 Å².